The van der Waals surface area contributed by atoms with Crippen LogP contribution in [0.25, 0.3) is 0 Å². The minimum absolute atomic E-state index is 0. The molecule has 0 saturated heterocycles. The molecule has 0 aromatic carbocycles. The van der Waals surface area contributed by atoms with Crippen LogP contribution in [0.2, 0.25) is 0 Å². The molecule has 0 nitrogen and oxygen atoms in total. The summed E-state index contributed by atoms with van der Waals surface area (Å²) in [7, 11) is 0.931. The van der Waals surface area contributed by atoms with Gasteiger partial charge in [-0.05, 0) is 0 Å². The van der Waals surface area contributed by atoms with E-state index in [4.69, 9.17) is 0 Å². The van der Waals surface area contributed by atoms with E-state index >= 15 is 0 Å². The maximum atomic E-state index is 4.01. The van der Waals surface area contributed by atoms with Crippen molar-refractivity contribution in [3.05, 3.63) is 0 Å². The van der Waals surface area contributed by atoms with Gasteiger partial charge >= 0.3 is 23.8 Å². The predicted molar refractivity (Wildman–Crippen MR) is 19.9 cm³/mol. The van der Waals surface area contributed by atoms with Crippen molar-refractivity contribution in [1.82, 2.24) is 0 Å². The van der Waals surface area contributed by atoms with Crippen LogP contribution in [0.4, 0.5) is 0 Å². The van der Waals surface area contributed by atoms with Crippen molar-refractivity contribution >= 4 is 26.3 Å². The van der Waals surface area contributed by atoms with Crippen molar-refractivity contribution in [2.75, 3.05) is 0 Å². The van der Waals surface area contributed by atoms with E-state index in [1.54, 1.807) is 0 Å². The first-order valence-electron chi connectivity index (χ1n) is 0.316. The summed E-state index contributed by atoms with van der Waals surface area (Å²) < 4.78 is 0. The third-order valence-corrected chi connectivity index (χ3v) is 0. The summed E-state index contributed by atoms with van der Waals surface area (Å²) in [6, 6.07) is 0. The summed E-state index contributed by atoms with van der Waals surface area (Å²) in [5, 5.41) is 0. The zero-order chi connectivity index (χ0) is 2.00. The van der Waals surface area contributed by atoms with E-state index in [1.165, 1.54) is 0 Å². The SMILES string of the molecule is [AlH3].[Cu].[SiH3][Ni]. The van der Waals surface area contributed by atoms with E-state index in [2.05, 4.69) is 14.8 Å². The van der Waals surface area contributed by atoms with Crippen LogP contribution >= 0.6 is 0 Å². The summed E-state index contributed by atoms with van der Waals surface area (Å²) in [5.74, 6) is 0. The molecule has 0 aromatic rings. The fraction of sp³-hybridized carbons (Fsp3) is 0. The zero-order valence-corrected chi connectivity index (χ0v) is 5.55. The average Bonchev–Trinajstić information content (AvgIpc) is 1.00. The molecule has 0 aliphatic carbocycles. The van der Waals surface area contributed by atoms with Crippen LogP contribution in [0.15, 0.2) is 0 Å². The van der Waals surface area contributed by atoms with Crippen LogP contribution in [0.1, 0.15) is 0 Å². The van der Waals surface area contributed by atoms with E-state index < -0.39 is 0 Å². The van der Waals surface area contributed by atoms with Gasteiger partial charge in [0.05, 0.1) is 0 Å². The molecular weight excluding hydrogens is 177 g/mol. The van der Waals surface area contributed by atoms with Crippen molar-refractivity contribution in [2.45, 2.75) is 0 Å². The van der Waals surface area contributed by atoms with Gasteiger partial charge in [0.2, 0.25) is 0 Å². The first-order chi connectivity index (χ1) is 1.00. The minimum atomic E-state index is 0. The Balaban J connectivity index is -0.00000000500. The molecule has 0 atom stereocenters. The van der Waals surface area contributed by atoms with E-state index in [0.29, 0.717) is 0 Å². The fourth-order valence-corrected chi connectivity index (χ4v) is 0. The molecule has 0 amide bonds. The molecule has 0 unspecified atom stereocenters. The van der Waals surface area contributed by atoms with Crippen molar-refractivity contribution in [1.29, 1.82) is 0 Å². The van der Waals surface area contributed by atoms with E-state index in [1.807, 2.05) is 0 Å². The molecule has 0 saturated carbocycles. The molecule has 1 radical (unpaired) electrons. The third kappa shape index (κ3) is 9.24. The molecule has 0 spiro atoms. The predicted octanol–water partition coefficient (Wildman–Crippen LogP) is -2.37. The van der Waals surface area contributed by atoms with Crippen molar-refractivity contribution in [2.24, 2.45) is 0 Å². The summed E-state index contributed by atoms with van der Waals surface area (Å²) in [6.45, 7) is 0. The molecular formula is H6AlCuNiSi. The van der Waals surface area contributed by atoms with Gasteiger partial charge in [-0.1, -0.05) is 0 Å². The van der Waals surface area contributed by atoms with Crippen LogP contribution in [-0.4, -0.2) is 26.3 Å². The number of hydrogen-bond donors (Lipinski definition) is 0. The van der Waals surface area contributed by atoms with Crippen molar-refractivity contribution in [3.63, 3.8) is 0 Å². The topological polar surface area (TPSA) is 0 Å². The van der Waals surface area contributed by atoms with E-state index in [0.717, 1.165) is 8.94 Å². The normalized spacial score (nSPS) is 2.50. The molecule has 0 fully saturated rings. The molecule has 0 heterocycles. The third-order valence-electron chi connectivity index (χ3n) is 0. The van der Waals surface area contributed by atoms with Gasteiger partial charge in [0.15, 0.2) is 17.4 Å². The molecule has 0 aromatic heterocycles. The second kappa shape index (κ2) is 21.7. The molecule has 0 aliphatic heterocycles. The van der Waals surface area contributed by atoms with Gasteiger partial charge in [-0.3, -0.25) is 0 Å². The first-order valence-corrected chi connectivity index (χ1v) is 3.91. The molecule has 0 bridgehead atoms. The Morgan fingerprint density at radius 1 is 1.25 bits per heavy atom. The summed E-state index contributed by atoms with van der Waals surface area (Å²) in [4.78, 5) is 0. The van der Waals surface area contributed by atoms with Crippen molar-refractivity contribution < 1.29 is 31.9 Å². The van der Waals surface area contributed by atoms with Gasteiger partial charge < -0.3 is 0 Å². The Morgan fingerprint density at radius 2 is 1.25 bits per heavy atom. The van der Waals surface area contributed by atoms with E-state index in [-0.39, 0.29) is 34.4 Å². The van der Waals surface area contributed by atoms with Gasteiger partial charge in [-0.2, -0.15) is 0 Å². The Hall–Kier alpha value is 1.76. The summed E-state index contributed by atoms with van der Waals surface area (Å²) >= 11 is 4.01. The van der Waals surface area contributed by atoms with Gasteiger partial charge in [0.25, 0.3) is 0 Å². The second-order valence-electron chi connectivity index (χ2n) is 0. The molecule has 34 valence electrons. The van der Waals surface area contributed by atoms with Crippen LogP contribution in [-0.2, 0) is 31.9 Å². The molecule has 0 aliphatic rings. The van der Waals surface area contributed by atoms with Crippen LogP contribution in [0, 0.1) is 0 Å². The second-order valence-corrected chi connectivity index (χ2v) is 0. The molecule has 0 rings (SSSR count). The Kier molecular flexibility index (Phi) is 92.9. The first kappa shape index (κ1) is 17.1. The maximum absolute atomic E-state index is 4.01. The van der Waals surface area contributed by atoms with E-state index in [9.17, 15) is 0 Å². The molecule has 4 heteroatoms. The van der Waals surface area contributed by atoms with Crippen LogP contribution in [0.3, 0.4) is 0 Å². The van der Waals surface area contributed by atoms with Crippen LogP contribution in [0.5, 0.6) is 0 Å². The standard InChI is InChI=1S/Al.Cu.Ni.H3Si.3H/h;;;1H3;;;. The number of rotatable bonds is 0. The monoisotopic (exact) mass is 182 g/mol. The molecule has 4 heavy (non-hydrogen) atoms. The van der Waals surface area contributed by atoms with Crippen molar-refractivity contribution in [3.8, 4) is 0 Å². The average molecular weight is 183 g/mol. The zero-order valence-electron chi connectivity index (χ0n) is 1.62. The Morgan fingerprint density at radius 3 is 1.25 bits per heavy atom. The van der Waals surface area contributed by atoms with Crippen LogP contribution < -0.4 is 0 Å². The summed E-state index contributed by atoms with van der Waals surface area (Å²) in [6.07, 6.45) is 0. The summed E-state index contributed by atoms with van der Waals surface area (Å²) in [5.41, 5.74) is 0. The molecule has 0 N–H and O–H groups in total. The van der Waals surface area contributed by atoms with Gasteiger partial charge in [-0.25, -0.2) is 0 Å². The quantitative estimate of drug-likeness (QED) is 0.368. The number of hydrogen-bond acceptors (Lipinski definition) is 0. The van der Waals surface area contributed by atoms with Gasteiger partial charge in [-0.15, -0.1) is 0 Å². The Bertz CT molecular complexity index is 8.00. The Labute approximate surface area is 58.0 Å². The van der Waals surface area contributed by atoms with Gasteiger partial charge in [0, 0.05) is 17.1 Å². The van der Waals surface area contributed by atoms with Gasteiger partial charge in [0.1, 0.15) is 0 Å². The fourth-order valence-electron chi connectivity index (χ4n) is 0.